The fourth-order valence-corrected chi connectivity index (χ4v) is 1.15. The SMILES string of the molecule is C[C@H](O)[C@@H](N=Cc1ccccc1O)C(=O)O. The van der Waals surface area contributed by atoms with Gasteiger partial charge in [0.2, 0.25) is 0 Å². The van der Waals surface area contributed by atoms with Crippen LogP contribution in [-0.4, -0.2) is 39.6 Å². The van der Waals surface area contributed by atoms with E-state index in [1.165, 1.54) is 19.2 Å². The molecule has 0 unspecified atom stereocenters. The van der Waals surface area contributed by atoms with Gasteiger partial charge in [-0.15, -0.1) is 0 Å². The molecule has 0 aromatic heterocycles. The summed E-state index contributed by atoms with van der Waals surface area (Å²) >= 11 is 0. The lowest BCUT2D eigenvalue weighted by Crippen LogP contribution is -2.29. The van der Waals surface area contributed by atoms with Crippen molar-refractivity contribution < 1.29 is 20.1 Å². The van der Waals surface area contributed by atoms with Crippen molar-refractivity contribution in [2.24, 2.45) is 4.99 Å². The molecule has 0 aliphatic heterocycles. The average molecular weight is 223 g/mol. The summed E-state index contributed by atoms with van der Waals surface area (Å²) in [4.78, 5) is 14.4. The van der Waals surface area contributed by atoms with Crippen LogP contribution in [0.3, 0.4) is 0 Å². The van der Waals surface area contributed by atoms with Gasteiger partial charge in [0.05, 0.1) is 6.10 Å². The van der Waals surface area contributed by atoms with Gasteiger partial charge in [0.25, 0.3) is 0 Å². The number of benzene rings is 1. The minimum atomic E-state index is -1.22. The first-order chi connectivity index (χ1) is 7.52. The number of carboxylic acids is 1. The molecule has 5 nitrogen and oxygen atoms in total. The molecule has 0 saturated heterocycles. The monoisotopic (exact) mass is 223 g/mol. The Morgan fingerprint density at radius 1 is 1.44 bits per heavy atom. The molecule has 0 aliphatic carbocycles. The average Bonchev–Trinajstić information content (AvgIpc) is 2.20. The van der Waals surface area contributed by atoms with Gasteiger partial charge in [-0.25, -0.2) is 4.79 Å². The lowest BCUT2D eigenvalue weighted by Gasteiger charge is -2.09. The highest BCUT2D eigenvalue weighted by Crippen LogP contribution is 2.13. The quantitative estimate of drug-likeness (QED) is 0.653. The zero-order valence-corrected chi connectivity index (χ0v) is 8.74. The van der Waals surface area contributed by atoms with Crippen LogP contribution in [-0.2, 0) is 4.79 Å². The van der Waals surface area contributed by atoms with E-state index >= 15 is 0 Å². The van der Waals surface area contributed by atoms with E-state index in [1.807, 2.05) is 0 Å². The van der Waals surface area contributed by atoms with Gasteiger partial charge < -0.3 is 15.3 Å². The highest BCUT2D eigenvalue weighted by atomic mass is 16.4. The van der Waals surface area contributed by atoms with Crippen LogP contribution < -0.4 is 0 Å². The minimum absolute atomic E-state index is 0.0148. The number of carbonyl (C=O) groups is 1. The number of hydrogen-bond donors (Lipinski definition) is 3. The van der Waals surface area contributed by atoms with Crippen molar-refractivity contribution in [1.82, 2.24) is 0 Å². The Labute approximate surface area is 92.7 Å². The third-order valence-corrected chi connectivity index (χ3v) is 2.02. The molecular weight excluding hydrogens is 210 g/mol. The van der Waals surface area contributed by atoms with Gasteiger partial charge >= 0.3 is 5.97 Å². The Morgan fingerprint density at radius 2 is 2.06 bits per heavy atom. The predicted molar refractivity (Wildman–Crippen MR) is 58.8 cm³/mol. The minimum Gasteiger partial charge on any atom is -0.507 e. The zero-order valence-electron chi connectivity index (χ0n) is 8.74. The molecule has 86 valence electrons. The van der Waals surface area contributed by atoms with Crippen LogP contribution >= 0.6 is 0 Å². The lowest BCUT2D eigenvalue weighted by atomic mass is 10.2. The topological polar surface area (TPSA) is 90.1 Å². The van der Waals surface area contributed by atoms with Crippen molar-refractivity contribution in [1.29, 1.82) is 0 Å². The van der Waals surface area contributed by atoms with Crippen molar-refractivity contribution in [3.63, 3.8) is 0 Å². The number of phenols is 1. The molecule has 0 saturated carbocycles. The molecule has 0 fully saturated rings. The smallest absolute Gasteiger partial charge is 0.331 e. The number of aliphatic hydroxyl groups is 1. The van der Waals surface area contributed by atoms with E-state index in [1.54, 1.807) is 18.2 Å². The van der Waals surface area contributed by atoms with Gasteiger partial charge in [0.1, 0.15) is 5.75 Å². The Bertz CT molecular complexity index is 401. The molecule has 0 spiro atoms. The van der Waals surface area contributed by atoms with Crippen molar-refractivity contribution in [3.05, 3.63) is 29.8 Å². The van der Waals surface area contributed by atoms with Crippen LogP contribution in [0.4, 0.5) is 0 Å². The fourth-order valence-electron chi connectivity index (χ4n) is 1.15. The molecule has 1 aromatic carbocycles. The van der Waals surface area contributed by atoms with E-state index in [0.717, 1.165) is 0 Å². The number of para-hydroxylation sites is 1. The first-order valence-corrected chi connectivity index (χ1v) is 4.74. The number of aromatic hydroxyl groups is 1. The number of rotatable bonds is 4. The van der Waals surface area contributed by atoms with Gasteiger partial charge in [-0.1, -0.05) is 12.1 Å². The number of aliphatic carboxylic acids is 1. The number of aliphatic hydroxyl groups excluding tert-OH is 1. The Morgan fingerprint density at radius 3 is 2.56 bits per heavy atom. The van der Waals surface area contributed by atoms with E-state index in [9.17, 15) is 15.0 Å². The molecule has 0 amide bonds. The normalized spacial score (nSPS) is 14.9. The molecule has 0 aliphatic rings. The van der Waals surface area contributed by atoms with E-state index in [-0.39, 0.29) is 5.75 Å². The van der Waals surface area contributed by atoms with Gasteiger partial charge in [-0.3, -0.25) is 4.99 Å². The summed E-state index contributed by atoms with van der Waals surface area (Å²) in [6, 6.07) is 5.19. The second kappa shape index (κ2) is 5.27. The maximum absolute atomic E-state index is 10.7. The molecule has 1 rings (SSSR count). The maximum Gasteiger partial charge on any atom is 0.331 e. The van der Waals surface area contributed by atoms with Gasteiger partial charge in [-0.2, -0.15) is 0 Å². The Kier molecular flexibility index (Phi) is 4.02. The number of phenolic OH excluding ortho intramolecular Hbond substituents is 1. The Balaban J connectivity index is 2.87. The summed E-state index contributed by atoms with van der Waals surface area (Å²) in [5.74, 6) is -1.19. The second-order valence-electron chi connectivity index (χ2n) is 3.36. The van der Waals surface area contributed by atoms with Gasteiger partial charge in [0.15, 0.2) is 6.04 Å². The van der Waals surface area contributed by atoms with Crippen LogP contribution in [0.1, 0.15) is 12.5 Å². The van der Waals surface area contributed by atoms with Gasteiger partial charge in [0, 0.05) is 11.8 Å². The van der Waals surface area contributed by atoms with Crippen molar-refractivity contribution in [2.45, 2.75) is 19.1 Å². The number of nitrogens with zero attached hydrogens (tertiary/aromatic N) is 1. The van der Waals surface area contributed by atoms with E-state index in [0.29, 0.717) is 5.56 Å². The van der Waals surface area contributed by atoms with Crippen LogP contribution in [0.15, 0.2) is 29.3 Å². The van der Waals surface area contributed by atoms with Gasteiger partial charge in [-0.05, 0) is 19.1 Å². The van der Waals surface area contributed by atoms with Crippen molar-refractivity contribution in [3.8, 4) is 5.75 Å². The van der Waals surface area contributed by atoms with Crippen LogP contribution in [0, 0.1) is 0 Å². The summed E-state index contributed by atoms with van der Waals surface area (Å²) < 4.78 is 0. The third-order valence-electron chi connectivity index (χ3n) is 2.02. The molecule has 0 radical (unpaired) electrons. The highest BCUT2D eigenvalue weighted by Gasteiger charge is 2.21. The number of hydrogen-bond acceptors (Lipinski definition) is 4. The second-order valence-corrected chi connectivity index (χ2v) is 3.36. The molecule has 2 atom stereocenters. The highest BCUT2D eigenvalue weighted by molar-refractivity contribution is 5.86. The standard InChI is InChI=1S/C11H13NO4/c1-7(13)10(11(15)16)12-6-8-4-2-3-5-9(8)14/h2-7,10,13-14H,1H3,(H,15,16)/t7-,10+/m0/s1. The molecule has 5 heteroatoms. The molecule has 0 heterocycles. The molecule has 16 heavy (non-hydrogen) atoms. The zero-order chi connectivity index (χ0) is 12.1. The summed E-state index contributed by atoms with van der Waals surface area (Å²) in [5, 5.41) is 27.3. The van der Waals surface area contributed by atoms with Crippen LogP contribution in [0.2, 0.25) is 0 Å². The van der Waals surface area contributed by atoms with Crippen molar-refractivity contribution >= 4 is 12.2 Å². The summed E-state index contributed by atoms with van der Waals surface area (Å²) in [6.45, 7) is 1.35. The molecular formula is C11H13NO4. The predicted octanol–water partition coefficient (Wildman–Crippen LogP) is 0.645. The van der Waals surface area contributed by atoms with E-state index in [4.69, 9.17) is 5.11 Å². The third kappa shape index (κ3) is 3.06. The molecule has 1 aromatic rings. The van der Waals surface area contributed by atoms with Crippen LogP contribution in [0.5, 0.6) is 5.75 Å². The Hall–Kier alpha value is -1.88. The van der Waals surface area contributed by atoms with E-state index in [2.05, 4.69) is 4.99 Å². The van der Waals surface area contributed by atoms with E-state index < -0.39 is 18.1 Å². The largest absolute Gasteiger partial charge is 0.507 e. The first kappa shape index (κ1) is 12.2. The lowest BCUT2D eigenvalue weighted by molar-refractivity contribution is -0.140. The first-order valence-electron chi connectivity index (χ1n) is 4.74. The van der Waals surface area contributed by atoms with Crippen LogP contribution in [0.25, 0.3) is 0 Å². The summed E-state index contributed by atoms with van der Waals surface area (Å²) in [6.07, 6.45) is 0.153. The number of aliphatic imine (C=N–C) groups is 1. The maximum atomic E-state index is 10.7. The molecule has 3 N–H and O–H groups in total. The number of carboxylic acid groups (broad SMARTS) is 1. The summed E-state index contributed by atoms with van der Waals surface area (Å²) in [5.41, 5.74) is 0.411. The van der Waals surface area contributed by atoms with Crippen molar-refractivity contribution in [2.75, 3.05) is 0 Å². The fraction of sp³-hybridized carbons (Fsp3) is 0.273. The molecule has 0 bridgehead atoms. The summed E-state index contributed by atoms with van der Waals surface area (Å²) in [7, 11) is 0.